The van der Waals surface area contributed by atoms with Gasteiger partial charge in [0.05, 0.1) is 18.3 Å². The van der Waals surface area contributed by atoms with Crippen molar-refractivity contribution in [2.45, 2.75) is 6.04 Å². The smallest absolute Gasteiger partial charge is 0.234 e. The number of carbonyl (C=O) groups is 1. The van der Waals surface area contributed by atoms with Crippen LogP contribution in [0.5, 0.6) is 0 Å². The SMILES string of the molecule is CNCC(=O)NC1C=CS(=O)(=O)C1. The fourth-order valence-electron chi connectivity index (χ4n) is 1.08. The van der Waals surface area contributed by atoms with Crippen molar-refractivity contribution < 1.29 is 13.2 Å². The molecule has 1 heterocycles. The van der Waals surface area contributed by atoms with Crippen molar-refractivity contribution >= 4 is 15.7 Å². The molecule has 1 unspecified atom stereocenters. The van der Waals surface area contributed by atoms with Gasteiger partial charge in [-0.3, -0.25) is 4.79 Å². The van der Waals surface area contributed by atoms with Crippen LogP contribution in [-0.2, 0) is 14.6 Å². The Morgan fingerprint density at radius 3 is 2.77 bits per heavy atom. The van der Waals surface area contributed by atoms with Gasteiger partial charge in [-0.25, -0.2) is 8.42 Å². The van der Waals surface area contributed by atoms with E-state index in [0.717, 1.165) is 5.41 Å². The lowest BCUT2D eigenvalue weighted by molar-refractivity contribution is -0.120. The van der Waals surface area contributed by atoms with Crippen LogP contribution in [0, 0.1) is 0 Å². The van der Waals surface area contributed by atoms with Crippen molar-refractivity contribution in [1.29, 1.82) is 0 Å². The Morgan fingerprint density at radius 1 is 1.62 bits per heavy atom. The van der Waals surface area contributed by atoms with Crippen LogP contribution >= 0.6 is 0 Å². The molecule has 74 valence electrons. The molecular weight excluding hydrogens is 192 g/mol. The minimum absolute atomic E-state index is 0.0253. The van der Waals surface area contributed by atoms with E-state index in [1.165, 1.54) is 6.08 Å². The Bertz CT molecular complexity index is 321. The molecule has 2 N–H and O–H groups in total. The maximum atomic E-state index is 11.0. The van der Waals surface area contributed by atoms with E-state index in [9.17, 15) is 13.2 Å². The first kappa shape index (κ1) is 10.2. The first-order chi connectivity index (χ1) is 6.03. The van der Waals surface area contributed by atoms with E-state index in [4.69, 9.17) is 0 Å². The minimum atomic E-state index is -3.07. The van der Waals surface area contributed by atoms with Gasteiger partial charge in [-0.2, -0.15) is 0 Å². The highest BCUT2D eigenvalue weighted by molar-refractivity contribution is 7.94. The monoisotopic (exact) mass is 204 g/mol. The van der Waals surface area contributed by atoms with Gasteiger partial charge < -0.3 is 10.6 Å². The third-order valence-corrected chi connectivity index (χ3v) is 3.01. The molecule has 1 atom stereocenters. The Labute approximate surface area is 77.1 Å². The summed E-state index contributed by atoms with van der Waals surface area (Å²) in [6.07, 6.45) is 1.49. The topological polar surface area (TPSA) is 75.3 Å². The second kappa shape index (κ2) is 3.89. The summed E-state index contributed by atoms with van der Waals surface area (Å²) in [7, 11) is -1.42. The van der Waals surface area contributed by atoms with Gasteiger partial charge in [0.2, 0.25) is 5.91 Å². The minimum Gasteiger partial charge on any atom is -0.348 e. The summed E-state index contributed by atoms with van der Waals surface area (Å²) >= 11 is 0. The number of carbonyl (C=O) groups excluding carboxylic acids is 1. The molecule has 0 aliphatic carbocycles. The molecular formula is C7H12N2O3S. The fraction of sp³-hybridized carbons (Fsp3) is 0.571. The highest BCUT2D eigenvalue weighted by Crippen LogP contribution is 2.07. The summed E-state index contributed by atoms with van der Waals surface area (Å²) in [6.45, 7) is 0.199. The molecule has 1 aliphatic rings. The Morgan fingerprint density at radius 2 is 2.31 bits per heavy atom. The van der Waals surface area contributed by atoms with E-state index in [1.54, 1.807) is 7.05 Å². The van der Waals surface area contributed by atoms with Gasteiger partial charge in [-0.05, 0) is 13.1 Å². The summed E-state index contributed by atoms with van der Waals surface area (Å²) in [4.78, 5) is 11.0. The molecule has 0 aromatic carbocycles. The predicted molar refractivity (Wildman–Crippen MR) is 48.8 cm³/mol. The number of sulfone groups is 1. The van der Waals surface area contributed by atoms with Crippen molar-refractivity contribution in [3.8, 4) is 0 Å². The van der Waals surface area contributed by atoms with E-state index in [2.05, 4.69) is 10.6 Å². The molecule has 0 saturated heterocycles. The van der Waals surface area contributed by atoms with Gasteiger partial charge in [0.25, 0.3) is 0 Å². The quantitative estimate of drug-likeness (QED) is 0.595. The van der Waals surface area contributed by atoms with E-state index >= 15 is 0 Å². The lowest BCUT2D eigenvalue weighted by atomic mass is 10.3. The lowest BCUT2D eigenvalue weighted by Gasteiger charge is -2.08. The number of hydrogen-bond donors (Lipinski definition) is 2. The van der Waals surface area contributed by atoms with Crippen LogP contribution in [0.3, 0.4) is 0 Å². The highest BCUT2D eigenvalue weighted by Gasteiger charge is 2.22. The molecule has 6 heteroatoms. The third-order valence-electron chi connectivity index (χ3n) is 1.61. The number of rotatable bonds is 3. The Hall–Kier alpha value is -0.880. The van der Waals surface area contributed by atoms with Crippen LogP contribution < -0.4 is 10.6 Å². The second-order valence-electron chi connectivity index (χ2n) is 2.86. The van der Waals surface area contributed by atoms with Crippen LogP contribution in [0.4, 0.5) is 0 Å². The average molecular weight is 204 g/mol. The van der Waals surface area contributed by atoms with Crippen LogP contribution in [0.15, 0.2) is 11.5 Å². The molecule has 13 heavy (non-hydrogen) atoms. The lowest BCUT2D eigenvalue weighted by Crippen LogP contribution is -2.40. The Kier molecular flexibility index (Phi) is 3.05. The zero-order chi connectivity index (χ0) is 9.90. The second-order valence-corrected chi connectivity index (χ2v) is 4.79. The average Bonchev–Trinajstić information content (AvgIpc) is 2.30. The maximum Gasteiger partial charge on any atom is 0.234 e. The van der Waals surface area contributed by atoms with Crippen LogP contribution in [0.2, 0.25) is 0 Å². The Balaban J connectivity index is 2.42. The normalized spacial score (nSPS) is 24.5. The predicted octanol–water partition coefficient (Wildman–Crippen LogP) is -1.37. The number of nitrogens with one attached hydrogen (secondary N) is 2. The van der Waals surface area contributed by atoms with E-state index in [1.807, 2.05) is 0 Å². The van der Waals surface area contributed by atoms with Crippen LogP contribution in [-0.4, -0.2) is 39.7 Å². The van der Waals surface area contributed by atoms with Crippen molar-refractivity contribution in [1.82, 2.24) is 10.6 Å². The molecule has 1 aliphatic heterocycles. The number of amides is 1. The van der Waals surface area contributed by atoms with Gasteiger partial charge in [-0.1, -0.05) is 0 Å². The zero-order valence-electron chi connectivity index (χ0n) is 7.28. The molecule has 0 aromatic rings. The van der Waals surface area contributed by atoms with Crippen LogP contribution in [0.1, 0.15) is 0 Å². The number of likely N-dealkylation sites (N-methyl/N-ethyl adjacent to an activating group) is 1. The first-order valence-corrected chi connectivity index (χ1v) is 5.60. The summed E-state index contributed by atoms with van der Waals surface area (Å²) in [6, 6.07) is -0.370. The summed E-state index contributed by atoms with van der Waals surface area (Å²) in [5, 5.41) is 6.38. The number of hydrogen-bond acceptors (Lipinski definition) is 4. The van der Waals surface area contributed by atoms with E-state index in [-0.39, 0.29) is 24.2 Å². The van der Waals surface area contributed by atoms with E-state index in [0.29, 0.717) is 0 Å². The molecule has 1 rings (SSSR count). The highest BCUT2D eigenvalue weighted by atomic mass is 32.2. The summed E-state index contributed by atoms with van der Waals surface area (Å²) < 4.78 is 21.9. The van der Waals surface area contributed by atoms with Gasteiger partial charge in [-0.15, -0.1) is 0 Å². The fourth-order valence-corrected chi connectivity index (χ4v) is 2.32. The molecule has 0 saturated carbocycles. The van der Waals surface area contributed by atoms with Crippen molar-refractivity contribution in [2.24, 2.45) is 0 Å². The molecule has 0 radical (unpaired) electrons. The standard InChI is InChI=1S/C7H12N2O3S/c1-8-4-7(10)9-6-2-3-13(11,12)5-6/h2-3,6,8H,4-5H2,1H3,(H,9,10). The van der Waals surface area contributed by atoms with E-state index < -0.39 is 9.84 Å². The van der Waals surface area contributed by atoms with Crippen molar-refractivity contribution in [3.05, 3.63) is 11.5 Å². The van der Waals surface area contributed by atoms with Crippen LogP contribution in [0.25, 0.3) is 0 Å². The molecule has 0 fully saturated rings. The van der Waals surface area contributed by atoms with Gasteiger partial charge in [0.15, 0.2) is 9.84 Å². The third kappa shape index (κ3) is 3.16. The molecule has 0 spiro atoms. The van der Waals surface area contributed by atoms with Crippen molar-refractivity contribution in [2.75, 3.05) is 19.3 Å². The molecule has 0 aromatic heterocycles. The molecule has 5 nitrogen and oxygen atoms in total. The van der Waals surface area contributed by atoms with Crippen molar-refractivity contribution in [3.63, 3.8) is 0 Å². The van der Waals surface area contributed by atoms with Gasteiger partial charge in [0.1, 0.15) is 0 Å². The first-order valence-electron chi connectivity index (χ1n) is 3.88. The maximum absolute atomic E-state index is 11.0. The molecule has 0 bridgehead atoms. The summed E-state index contributed by atoms with van der Waals surface area (Å²) in [5.41, 5.74) is 0. The zero-order valence-corrected chi connectivity index (χ0v) is 8.10. The van der Waals surface area contributed by atoms with Gasteiger partial charge in [0, 0.05) is 5.41 Å². The van der Waals surface area contributed by atoms with Gasteiger partial charge >= 0.3 is 0 Å². The largest absolute Gasteiger partial charge is 0.348 e. The summed E-state index contributed by atoms with van der Waals surface area (Å²) in [5.74, 6) is -0.225. The molecule has 1 amide bonds.